The van der Waals surface area contributed by atoms with Gasteiger partial charge in [0.25, 0.3) is 0 Å². The molecule has 0 aliphatic carbocycles. The van der Waals surface area contributed by atoms with Gasteiger partial charge in [-0.25, -0.2) is 24.0 Å². The van der Waals surface area contributed by atoms with E-state index in [2.05, 4.69) is 83.2 Å². The number of carbonyl (C=O) groups is 10. The maximum atomic E-state index is 12.0. The van der Waals surface area contributed by atoms with Gasteiger partial charge in [0.2, 0.25) is 0 Å². The zero-order valence-corrected chi connectivity index (χ0v) is 87.6. The number of carbonyl (C=O) groups excluding carboxylic acids is 5. The molecule has 0 bridgehead atoms. The van der Waals surface area contributed by atoms with E-state index < -0.39 is 29.8 Å². The van der Waals surface area contributed by atoms with Crippen molar-refractivity contribution in [3.05, 3.63) is 48.6 Å². The van der Waals surface area contributed by atoms with E-state index in [1.54, 1.807) is 0 Å². The number of carboxylic acids is 5. The third-order valence-electron chi connectivity index (χ3n) is 24.2. The molecular formula is C110H212N5O15+5. The third kappa shape index (κ3) is 117. The van der Waals surface area contributed by atoms with E-state index in [9.17, 15) is 47.9 Å². The van der Waals surface area contributed by atoms with Crippen LogP contribution in [0.3, 0.4) is 0 Å². The van der Waals surface area contributed by atoms with Gasteiger partial charge in [-0.15, -0.1) is 0 Å². The van der Waals surface area contributed by atoms with Crippen LogP contribution in [0.25, 0.3) is 0 Å². The van der Waals surface area contributed by atoms with Crippen molar-refractivity contribution in [2.75, 3.05) is 136 Å². The first-order valence-corrected chi connectivity index (χ1v) is 53.2. The van der Waals surface area contributed by atoms with Crippen LogP contribution in [0, 0.1) is 0 Å². The summed E-state index contributed by atoms with van der Waals surface area (Å²) in [5.74, 6) is -1.97. The number of ketones is 5. The van der Waals surface area contributed by atoms with E-state index in [0.717, 1.165) is 180 Å². The smallest absolute Gasteiger partial charge is 0.359 e. The number of Topliss-reactive ketones (excluding diaryl/α,β-unsaturated/α-hetero) is 5. The standard InChI is InChI=1S/C26H49NO3.C26H45NO3.C22H43NO3.C20H39NO3.C16H31NO3/c2*1-4-5-6-7-8-9-10-11-12-13-14-15-16-17-18-21-25(28)22-19-20-23-27(2,3)24-26(29)30;1-4-5-6-7-8-9-10-11-12-13-14-17-21(24)18-15-16-19-23(2,3)20-22(25)26;1-4-5-6-7-8-9-10-11-12-15-19(22)16-13-14-17-21(2,3)18-20(23)24;1-4-5-6-7-8-11-15(18)12-9-10-13-17(2,3)14-16(19)20/h10-11H,4-9,12-24H2,1-3H3;5-6,8-9,11-12H,4,7,10,13-24H2,1-3H3;4-20H2,1-3H3;4-18H2,1-3H3;4-14H2,1-3H3/p+5/b11-10+;6-5+,9-8+,12-11+;;;. The predicted octanol–water partition coefficient (Wildman–Crippen LogP) is 27.0. The number of aliphatic carboxylic acids is 5. The van der Waals surface area contributed by atoms with E-state index in [-0.39, 0.29) is 32.7 Å². The van der Waals surface area contributed by atoms with Gasteiger partial charge in [-0.3, -0.25) is 24.0 Å². The van der Waals surface area contributed by atoms with Crippen molar-refractivity contribution in [3.63, 3.8) is 0 Å². The summed E-state index contributed by atoms with van der Waals surface area (Å²) in [6.07, 6.45) is 92.6. The van der Waals surface area contributed by atoms with Gasteiger partial charge in [0, 0.05) is 64.2 Å². The number of carboxylic acid groups (broad SMARTS) is 5. The molecule has 0 amide bonds. The topological polar surface area (TPSA) is 272 Å². The molecule has 762 valence electrons. The van der Waals surface area contributed by atoms with Crippen LogP contribution in [0.1, 0.15) is 465 Å². The molecule has 0 aromatic rings. The summed E-state index contributed by atoms with van der Waals surface area (Å²) < 4.78 is 2.43. The highest BCUT2D eigenvalue weighted by atomic mass is 16.4. The van der Waals surface area contributed by atoms with Gasteiger partial charge >= 0.3 is 29.8 Å². The lowest BCUT2D eigenvalue weighted by Gasteiger charge is -2.27. The average molecular weight is 1840 g/mol. The Balaban J connectivity index is -0.000000504. The normalized spacial score (nSPS) is 11.9. The Kier molecular flexibility index (Phi) is 97.3. The fourth-order valence-electron chi connectivity index (χ4n) is 16.0. The van der Waals surface area contributed by atoms with E-state index >= 15 is 0 Å². The van der Waals surface area contributed by atoms with Crippen LogP contribution in [-0.4, -0.2) is 243 Å². The van der Waals surface area contributed by atoms with Gasteiger partial charge in [0.05, 0.1) is 103 Å². The van der Waals surface area contributed by atoms with Crippen molar-refractivity contribution >= 4 is 58.8 Å². The summed E-state index contributed by atoms with van der Waals surface area (Å²) >= 11 is 0. The summed E-state index contributed by atoms with van der Waals surface area (Å²) in [5.41, 5.74) is 0. The number of rotatable bonds is 91. The fourth-order valence-corrected chi connectivity index (χ4v) is 16.0. The number of nitrogens with zero attached hydrogens (tertiary/aromatic N) is 5. The number of quaternary nitrogens is 5. The summed E-state index contributed by atoms with van der Waals surface area (Å²) in [5, 5.41) is 44.2. The first-order chi connectivity index (χ1) is 61.9. The van der Waals surface area contributed by atoms with E-state index in [0.29, 0.717) is 96.3 Å². The number of allylic oxidation sites excluding steroid dienone is 8. The summed E-state index contributed by atoms with van der Waals surface area (Å²) in [4.78, 5) is 113. The minimum atomic E-state index is -0.768. The molecule has 0 rings (SSSR count). The Morgan fingerprint density at radius 1 is 0.177 bits per heavy atom. The molecule has 20 nitrogen and oxygen atoms in total. The quantitative estimate of drug-likeness (QED) is 0.0215. The lowest BCUT2D eigenvalue weighted by Crippen LogP contribution is -2.44. The monoisotopic (exact) mass is 1840 g/mol. The van der Waals surface area contributed by atoms with Gasteiger partial charge in [-0.05, 0) is 154 Å². The third-order valence-corrected chi connectivity index (χ3v) is 24.2. The zero-order chi connectivity index (χ0) is 98.4. The van der Waals surface area contributed by atoms with Gasteiger partial charge in [-0.2, -0.15) is 0 Å². The Bertz CT molecular complexity index is 2840. The van der Waals surface area contributed by atoms with E-state index in [1.807, 2.05) is 70.5 Å². The van der Waals surface area contributed by atoms with Crippen molar-refractivity contribution in [2.24, 2.45) is 0 Å². The van der Waals surface area contributed by atoms with Crippen LogP contribution in [0.2, 0.25) is 0 Å². The van der Waals surface area contributed by atoms with Crippen LogP contribution in [0.4, 0.5) is 0 Å². The van der Waals surface area contributed by atoms with E-state index in [4.69, 9.17) is 25.5 Å². The lowest BCUT2D eigenvalue weighted by molar-refractivity contribution is -0.883. The molecule has 5 N–H and O–H groups in total. The number of likely N-dealkylation sites (N-methyl/N-ethyl adjacent to an activating group) is 5. The van der Waals surface area contributed by atoms with E-state index in [1.165, 1.54) is 238 Å². The second-order valence-corrected chi connectivity index (χ2v) is 41.0. The Hall–Kier alpha value is -5.54. The average Bonchev–Trinajstić information content (AvgIpc) is 0.944. The molecule has 130 heavy (non-hydrogen) atoms. The minimum absolute atomic E-state index is 0.137. The molecule has 0 unspecified atom stereocenters. The number of unbranched alkanes of at least 4 members (excludes halogenated alkanes) is 43. The first kappa shape index (κ1) is 133. The largest absolute Gasteiger partial charge is 0.477 e. The number of hydrogen-bond acceptors (Lipinski definition) is 10. The molecule has 0 spiro atoms. The lowest BCUT2D eigenvalue weighted by atomic mass is 10.0. The van der Waals surface area contributed by atoms with Crippen LogP contribution in [0.15, 0.2) is 48.6 Å². The Morgan fingerprint density at radius 2 is 0.315 bits per heavy atom. The SMILES string of the molecule is CC/C=C/C/C=C/C/C=C/CCCCCCCC(=O)CCCC[N+](C)(C)CC(=O)O.CCCCCCC/C=C/CCCCCCCCC(=O)CCCC[N+](C)(C)CC(=O)O.CCCCCCCC(=O)CCCC[N+](C)(C)CC(=O)O.CCCCCCCCCCCC(=O)CCCC[N+](C)(C)CC(=O)O.CCCCCCCCCCCCCC(=O)CCCC[N+](C)(C)CC(=O)O. The molecule has 0 aromatic heterocycles. The van der Waals surface area contributed by atoms with Gasteiger partial charge in [0.15, 0.2) is 32.7 Å². The Labute approximate surface area is 799 Å². The molecule has 0 radical (unpaired) electrons. The molecule has 0 saturated carbocycles. The molecule has 20 heteroatoms. The number of hydrogen-bond donors (Lipinski definition) is 5. The van der Waals surface area contributed by atoms with Gasteiger partial charge in [-0.1, -0.05) is 295 Å². The molecule has 0 fully saturated rings. The van der Waals surface area contributed by atoms with Crippen LogP contribution < -0.4 is 0 Å². The Morgan fingerprint density at radius 3 is 0.485 bits per heavy atom. The van der Waals surface area contributed by atoms with Crippen LogP contribution in [-0.2, 0) is 47.9 Å². The summed E-state index contributed by atoms with van der Waals surface area (Å²) in [6.45, 7) is 15.9. The van der Waals surface area contributed by atoms with Crippen LogP contribution >= 0.6 is 0 Å². The molecule has 0 heterocycles. The maximum absolute atomic E-state index is 12.0. The molecular weight excluding hydrogens is 1630 g/mol. The molecule has 0 saturated heterocycles. The summed E-state index contributed by atoms with van der Waals surface area (Å²) in [6, 6.07) is 0. The van der Waals surface area contributed by atoms with Crippen molar-refractivity contribution in [3.8, 4) is 0 Å². The minimum Gasteiger partial charge on any atom is -0.477 e. The molecule has 0 atom stereocenters. The molecule has 0 aromatic carbocycles. The maximum Gasteiger partial charge on any atom is 0.359 e. The second-order valence-electron chi connectivity index (χ2n) is 41.0. The van der Waals surface area contributed by atoms with Crippen molar-refractivity contribution in [2.45, 2.75) is 465 Å². The highest BCUT2D eigenvalue weighted by Crippen LogP contribution is 2.20. The zero-order valence-electron chi connectivity index (χ0n) is 87.6. The van der Waals surface area contributed by atoms with Crippen molar-refractivity contribution < 1.29 is 95.9 Å². The fraction of sp³-hybridized carbons (Fsp3) is 0.836. The van der Waals surface area contributed by atoms with Crippen molar-refractivity contribution in [1.29, 1.82) is 0 Å². The summed E-state index contributed by atoms with van der Waals surface area (Å²) in [7, 11) is 19.3. The van der Waals surface area contributed by atoms with Crippen molar-refractivity contribution in [1.82, 2.24) is 0 Å². The van der Waals surface area contributed by atoms with Crippen LogP contribution in [0.5, 0.6) is 0 Å². The highest BCUT2D eigenvalue weighted by Gasteiger charge is 2.24. The first-order valence-electron chi connectivity index (χ1n) is 53.2. The molecule has 0 aliphatic rings. The second kappa shape index (κ2) is 95.2. The van der Waals surface area contributed by atoms with Gasteiger partial charge in [0.1, 0.15) is 28.9 Å². The molecule has 0 aliphatic heterocycles. The highest BCUT2D eigenvalue weighted by molar-refractivity contribution is 5.80. The predicted molar refractivity (Wildman–Crippen MR) is 547 cm³/mol. The van der Waals surface area contributed by atoms with Gasteiger partial charge < -0.3 is 47.9 Å².